The molecule has 8 heteroatoms. The summed E-state index contributed by atoms with van der Waals surface area (Å²) in [6.45, 7) is 0. The van der Waals surface area contributed by atoms with Gasteiger partial charge in [0.25, 0.3) is 0 Å². The van der Waals surface area contributed by atoms with Crippen LogP contribution < -0.4 is 5.73 Å². The number of aromatic hydroxyl groups is 1. The first kappa shape index (κ1) is 15.3. The molecule has 0 saturated carbocycles. The van der Waals surface area contributed by atoms with E-state index in [2.05, 4.69) is 0 Å². The largest absolute Gasteiger partial charge is 0.505 e. The molecule has 16 heavy (non-hydrogen) atoms. The third kappa shape index (κ3) is 2.90. The van der Waals surface area contributed by atoms with Gasteiger partial charge in [0.2, 0.25) is 0 Å². The zero-order valence-electron chi connectivity index (χ0n) is 7.55. The molecular weight excluding hydrogens is 273 g/mol. The Morgan fingerprint density at radius 1 is 1.31 bits per heavy atom. The number of phenolic OH excluding ortho intramolecular Hbond substituents is 1. The van der Waals surface area contributed by atoms with Gasteiger partial charge in [0, 0.05) is 10.6 Å². The second-order valence-corrected chi connectivity index (χ2v) is 3.22. The van der Waals surface area contributed by atoms with Crippen LogP contribution in [0.5, 0.6) is 5.75 Å². The summed E-state index contributed by atoms with van der Waals surface area (Å²) in [5.74, 6) is -2.37. The molecule has 0 fully saturated rings. The topological polar surface area (TPSA) is 46.2 Å². The van der Waals surface area contributed by atoms with Gasteiger partial charge < -0.3 is 10.8 Å². The molecule has 1 aromatic carbocycles. The van der Waals surface area contributed by atoms with Crippen LogP contribution in [0.1, 0.15) is 11.6 Å². The number of halogens is 6. The second-order valence-electron chi connectivity index (χ2n) is 2.81. The molecule has 0 saturated heterocycles. The molecule has 1 atom stereocenters. The Bertz CT molecular complexity index is 383. The highest BCUT2D eigenvalue weighted by atomic mass is 35.5. The number of nitrogens with two attached hydrogens (primary N) is 1. The highest BCUT2D eigenvalue weighted by Gasteiger charge is 2.41. The molecule has 0 bridgehead atoms. The van der Waals surface area contributed by atoms with Crippen molar-refractivity contribution >= 4 is 24.0 Å². The molecule has 0 aliphatic heterocycles. The third-order valence-electron chi connectivity index (χ3n) is 1.78. The lowest BCUT2D eigenvalue weighted by atomic mass is 10.1. The molecule has 0 aliphatic carbocycles. The van der Waals surface area contributed by atoms with Gasteiger partial charge in [-0.15, -0.1) is 12.4 Å². The van der Waals surface area contributed by atoms with Gasteiger partial charge in [-0.05, 0) is 12.1 Å². The van der Waals surface area contributed by atoms with Crippen molar-refractivity contribution in [2.75, 3.05) is 0 Å². The number of phenols is 1. The zero-order valence-corrected chi connectivity index (χ0v) is 9.13. The number of hydrogen-bond acceptors (Lipinski definition) is 2. The molecule has 0 amide bonds. The van der Waals surface area contributed by atoms with Crippen LogP contribution in [-0.4, -0.2) is 11.3 Å². The number of benzene rings is 1. The van der Waals surface area contributed by atoms with E-state index in [4.69, 9.17) is 22.4 Å². The van der Waals surface area contributed by atoms with E-state index in [9.17, 15) is 17.6 Å². The van der Waals surface area contributed by atoms with Crippen LogP contribution in [0.2, 0.25) is 5.02 Å². The molecule has 1 aromatic rings. The van der Waals surface area contributed by atoms with Crippen LogP contribution in [0.15, 0.2) is 12.1 Å². The lowest BCUT2D eigenvalue weighted by Gasteiger charge is -2.18. The van der Waals surface area contributed by atoms with E-state index in [-0.39, 0.29) is 12.4 Å². The Morgan fingerprint density at radius 2 is 1.81 bits per heavy atom. The highest BCUT2D eigenvalue weighted by Crippen LogP contribution is 2.39. The van der Waals surface area contributed by atoms with Gasteiger partial charge in [-0.3, -0.25) is 0 Å². The first-order valence-electron chi connectivity index (χ1n) is 3.74. The van der Waals surface area contributed by atoms with Gasteiger partial charge in [-0.2, -0.15) is 13.2 Å². The summed E-state index contributed by atoms with van der Waals surface area (Å²) >= 11 is 5.40. The summed E-state index contributed by atoms with van der Waals surface area (Å²) in [5.41, 5.74) is 3.95. The van der Waals surface area contributed by atoms with Gasteiger partial charge in [-0.1, -0.05) is 11.6 Å². The lowest BCUT2D eigenvalue weighted by molar-refractivity contribution is -0.149. The minimum atomic E-state index is -4.80. The average molecular weight is 280 g/mol. The summed E-state index contributed by atoms with van der Waals surface area (Å²) in [4.78, 5) is 0. The molecule has 3 N–H and O–H groups in total. The van der Waals surface area contributed by atoms with Crippen molar-refractivity contribution in [2.24, 2.45) is 5.73 Å². The Labute approximate surface area is 99.4 Å². The number of hydrogen-bond donors (Lipinski definition) is 2. The molecule has 0 radical (unpaired) electrons. The van der Waals surface area contributed by atoms with Crippen molar-refractivity contribution in [3.8, 4) is 5.75 Å². The van der Waals surface area contributed by atoms with Crippen molar-refractivity contribution < 1.29 is 22.7 Å². The van der Waals surface area contributed by atoms with E-state index in [1.54, 1.807) is 0 Å². The summed E-state index contributed by atoms with van der Waals surface area (Å²) in [5, 5.41) is 8.64. The first-order chi connectivity index (χ1) is 6.75. The molecule has 0 heterocycles. The molecule has 1 rings (SSSR count). The Kier molecular flexibility index (Phi) is 4.85. The third-order valence-corrected chi connectivity index (χ3v) is 2.11. The van der Waals surface area contributed by atoms with Crippen LogP contribution in [0, 0.1) is 5.82 Å². The van der Waals surface area contributed by atoms with Crippen molar-refractivity contribution in [2.45, 2.75) is 12.2 Å². The van der Waals surface area contributed by atoms with Crippen molar-refractivity contribution in [3.63, 3.8) is 0 Å². The van der Waals surface area contributed by atoms with Gasteiger partial charge in [0.15, 0.2) is 11.6 Å². The highest BCUT2D eigenvalue weighted by molar-refractivity contribution is 6.31. The maximum atomic E-state index is 12.8. The Balaban J connectivity index is 0.00000225. The van der Waals surface area contributed by atoms with Crippen LogP contribution in [0.25, 0.3) is 0 Å². The first-order valence-corrected chi connectivity index (χ1v) is 4.12. The minimum Gasteiger partial charge on any atom is -0.505 e. The van der Waals surface area contributed by atoms with Gasteiger partial charge in [-0.25, -0.2) is 4.39 Å². The fraction of sp³-hybridized carbons (Fsp3) is 0.250. The molecule has 0 spiro atoms. The smallest absolute Gasteiger partial charge is 0.407 e. The average Bonchev–Trinajstić information content (AvgIpc) is 2.10. The summed E-state index contributed by atoms with van der Waals surface area (Å²) in [6, 6.07) is -0.859. The van der Waals surface area contributed by atoms with Crippen LogP contribution >= 0.6 is 24.0 Å². The van der Waals surface area contributed by atoms with E-state index in [0.29, 0.717) is 0 Å². The summed E-state index contributed by atoms with van der Waals surface area (Å²) < 4.78 is 49.4. The van der Waals surface area contributed by atoms with Gasteiger partial charge >= 0.3 is 6.18 Å². The molecule has 0 aliphatic rings. The van der Waals surface area contributed by atoms with Gasteiger partial charge in [0.05, 0.1) is 0 Å². The number of rotatable bonds is 1. The van der Waals surface area contributed by atoms with Crippen molar-refractivity contribution in [1.29, 1.82) is 0 Å². The van der Waals surface area contributed by atoms with E-state index in [1.165, 1.54) is 0 Å². The Morgan fingerprint density at radius 3 is 2.25 bits per heavy atom. The Hall–Kier alpha value is -0.720. The maximum Gasteiger partial charge on any atom is 0.407 e. The van der Waals surface area contributed by atoms with Crippen LogP contribution in [0.4, 0.5) is 17.6 Å². The SMILES string of the molecule is Cl.N[C@@H](c1c(Cl)ccc(F)c1O)C(F)(F)F. The number of alkyl halides is 3. The predicted molar refractivity (Wildman–Crippen MR) is 53.3 cm³/mol. The standard InChI is InChI=1S/C8H6ClF4NO.ClH/c9-3-1-2-4(10)6(15)5(3)7(14)8(11,12)13;/h1-2,7,15H,14H2;1H/t7-;/m0./s1. The predicted octanol–water partition coefficient (Wildman–Crippen LogP) is 3.17. The quantitative estimate of drug-likeness (QED) is 0.776. The monoisotopic (exact) mass is 279 g/mol. The van der Waals surface area contributed by atoms with E-state index >= 15 is 0 Å². The second kappa shape index (κ2) is 5.07. The van der Waals surface area contributed by atoms with E-state index in [1.807, 2.05) is 0 Å². The molecular formula is C8H7Cl2F4NO. The van der Waals surface area contributed by atoms with Crippen molar-refractivity contribution in [3.05, 3.63) is 28.5 Å². The van der Waals surface area contributed by atoms with Crippen molar-refractivity contribution in [1.82, 2.24) is 0 Å². The summed E-state index contributed by atoms with van der Waals surface area (Å²) in [6.07, 6.45) is -4.80. The minimum absolute atomic E-state index is 0. The van der Waals surface area contributed by atoms with Gasteiger partial charge in [0.1, 0.15) is 6.04 Å². The fourth-order valence-corrected chi connectivity index (χ4v) is 1.29. The molecule has 92 valence electrons. The molecule has 0 unspecified atom stereocenters. The fourth-order valence-electron chi connectivity index (χ4n) is 1.02. The molecule has 2 nitrogen and oxygen atoms in total. The van der Waals surface area contributed by atoms with E-state index < -0.39 is 34.4 Å². The lowest BCUT2D eigenvalue weighted by Crippen LogP contribution is -2.29. The summed E-state index contributed by atoms with van der Waals surface area (Å²) in [7, 11) is 0. The maximum absolute atomic E-state index is 12.8. The zero-order chi connectivity index (χ0) is 11.8. The normalized spacial score (nSPS) is 13.1. The van der Waals surface area contributed by atoms with Crippen LogP contribution in [-0.2, 0) is 0 Å². The molecule has 0 aromatic heterocycles. The van der Waals surface area contributed by atoms with Crippen LogP contribution in [0.3, 0.4) is 0 Å². The van der Waals surface area contributed by atoms with E-state index in [0.717, 1.165) is 12.1 Å².